The molecule has 0 spiro atoms. The predicted molar refractivity (Wildman–Crippen MR) is 143 cm³/mol. The molecule has 0 fully saturated rings. The Hall–Kier alpha value is -3.71. The highest BCUT2D eigenvalue weighted by molar-refractivity contribution is 7.13. The number of thiazole rings is 1. The summed E-state index contributed by atoms with van der Waals surface area (Å²) >= 11 is 1.57. The van der Waals surface area contributed by atoms with Gasteiger partial charge >= 0.3 is 11.9 Å². The van der Waals surface area contributed by atoms with Crippen molar-refractivity contribution in [2.24, 2.45) is 0 Å². The zero-order valence-corrected chi connectivity index (χ0v) is 22.4. The average molecular weight is 503 g/mol. The van der Waals surface area contributed by atoms with Gasteiger partial charge in [-0.1, -0.05) is 35.9 Å². The van der Waals surface area contributed by atoms with Gasteiger partial charge in [0.15, 0.2) is 0 Å². The second-order valence-electron chi connectivity index (χ2n) is 9.06. The Bertz CT molecular complexity index is 1370. The molecule has 0 saturated carbocycles. The summed E-state index contributed by atoms with van der Waals surface area (Å²) in [5.74, 6) is -1.62. The smallest absolute Gasteiger partial charge is 0.336 e. The van der Waals surface area contributed by atoms with Crippen molar-refractivity contribution in [3.05, 3.63) is 86.6 Å². The maximum atomic E-state index is 12.8. The van der Waals surface area contributed by atoms with Gasteiger partial charge in [0.05, 0.1) is 37.0 Å². The Kier molecular flexibility index (Phi) is 7.13. The monoisotopic (exact) mass is 502 g/mol. The molecule has 1 aliphatic heterocycles. The number of esters is 2. The molecule has 0 bridgehead atoms. The number of nitrogens with zero attached hydrogens (tertiary/aromatic N) is 1. The average Bonchev–Trinajstić information content (AvgIpc) is 3.32. The molecule has 1 aromatic heterocycles. The van der Waals surface area contributed by atoms with Crippen LogP contribution in [-0.4, -0.2) is 31.1 Å². The molecule has 4 rings (SSSR count). The van der Waals surface area contributed by atoms with E-state index in [0.717, 1.165) is 27.4 Å². The number of carbonyl (C=O) groups excluding carboxylic acids is 2. The molecule has 186 valence electrons. The molecule has 1 N–H and O–H groups in total. The normalized spacial score (nSPS) is 14.1. The number of benzene rings is 2. The fourth-order valence-corrected chi connectivity index (χ4v) is 5.85. The van der Waals surface area contributed by atoms with Crippen LogP contribution in [0.25, 0.3) is 21.8 Å². The number of nitrogens with one attached hydrogen (secondary N) is 1. The van der Waals surface area contributed by atoms with Crippen molar-refractivity contribution >= 4 is 23.3 Å². The predicted octanol–water partition coefficient (Wildman–Crippen LogP) is 5.98. The first kappa shape index (κ1) is 25.4. The number of dihydropyridines is 1. The molecule has 0 saturated heterocycles. The first-order valence-corrected chi connectivity index (χ1v) is 12.5. The summed E-state index contributed by atoms with van der Waals surface area (Å²) in [6, 6.07) is 12.2. The van der Waals surface area contributed by atoms with Gasteiger partial charge in [-0.3, -0.25) is 0 Å². The van der Waals surface area contributed by atoms with E-state index >= 15 is 0 Å². The lowest BCUT2D eigenvalue weighted by Gasteiger charge is -2.30. The molecule has 0 radical (unpaired) electrons. The second-order valence-corrected chi connectivity index (χ2v) is 9.91. The summed E-state index contributed by atoms with van der Waals surface area (Å²) < 4.78 is 10.2. The van der Waals surface area contributed by atoms with E-state index in [4.69, 9.17) is 14.5 Å². The van der Waals surface area contributed by atoms with Crippen molar-refractivity contribution in [3.8, 4) is 21.8 Å². The van der Waals surface area contributed by atoms with Crippen LogP contribution in [0, 0.1) is 20.8 Å². The fraction of sp³-hybridized carbons (Fsp3) is 0.276. The van der Waals surface area contributed by atoms with Crippen LogP contribution < -0.4 is 5.32 Å². The van der Waals surface area contributed by atoms with Gasteiger partial charge in [-0.15, -0.1) is 11.3 Å². The molecule has 6 nitrogen and oxygen atoms in total. The van der Waals surface area contributed by atoms with E-state index < -0.39 is 17.9 Å². The number of hydrogen-bond acceptors (Lipinski definition) is 7. The molecule has 3 aromatic rings. The largest absolute Gasteiger partial charge is 0.466 e. The van der Waals surface area contributed by atoms with E-state index in [-0.39, 0.29) is 0 Å². The minimum atomic E-state index is -0.632. The van der Waals surface area contributed by atoms with Crippen LogP contribution in [0.3, 0.4) is 0 Å². The summed E-state index contributed by atoms with van der Waals surface area (Å²) in [7, 11) is 2.68. The maximum absolute atomic E-state index is 12.8. The Morgan fingerprint density at radius 2 is 1.47 bits per heavy atom. The van der Waals surface area contributed by atoms with Crippen LogP contribution in [0.1, 0.15) is 42.0 Å². The van der Waals surface area contributed by atoms with E-state index in [1.165, 1.54) is 30.9 Å². The Labute approximate surface area is 215 Å². The van der Waals surface area contributed by atoms with Crippen LogP contribution in [-0.2, 0) is 19.1 Å². The zero-order valence-electron chi connectivity index (χ0n) is 21.6. The third kappa shape index (κ3) is 4.58. The minimum absolute atomic E-state index is 0.381. The van der Waals surface area contributed by atoms with Crippen LogP contribution >= 0.6 is 11.3 Å². The molecule has 0 aliphatic carbocycles. The molecule has 36 heavy (non-hydrogen) atoms. The lowest BCUT2D eigenvalue weighted by Crippen LogP contribution is -2.32. The lowest BCUT2D eigenvalue weighted by molar-refractivity contribution is -0.137. The number of ether oxygens (including phenoxy) is 2. The highest BCUT2D eigenvalue weighted by atomic mass is 32.1. The van der Waals surface area contributed by atoms with Crippen LogP contribution in [0.5, 0.6) is 0 Å². The van der Waals surface area contributed by atoms with Crippen molar-refractivity contribution in [2.45, 2.75) is 40.5 Å². The molecule has 7 heteroatoms. The summed E-state index contributed by atoms with van der Waals surface area (Å²) in [5, 5.41) is 6.08. The minimum Gasteiger partial charge on any atom is -0.466 e. The van der Waals surface area contributed by atoms with Gasteiger partial charge in [-0.25, -0.2) is 14.6 Å². The SMILES string of the molecule is COC(=O)C1=C(C)NC(C)=C(C(=O)OC)C1c1cccc(-c2nc(-c3c(C)cc(C)cc3C)cs2)c1. The second kappa shape index (κ2) is 10.1. The van der Waals surface area contributed by atoms with Gasteiger partial charge in [0.25, 0.3) is 0 Å². The third-order valence-corrected chi connectivity index (χ3v) is 7.37. The molecule has 2 heterocycles. The summed E-state index contributed by atoms with van der Waals surface area (Å²) in [6.45, 7) is 9.93. The molecule has 0 unspecified atom stereocenters. The highest BCUT2D eigenvalue weighted by Gasteiger charge is 2.37. The van der Waals surface area contributed by atoms with Gasteiger partial charge in [0.1, 0.15) is 5.01 Å². The Morgan fingerprint density at radius 1 is 0.889 bits per heavy atom. The molecular weight excluding hydrogens is 472 g/mol. The van der Waals surface area contributed by atoms with Crippen molar-refractivity contribution in [1.29, 1.82) is 0 Å². The molecule has 1 aliphatic rings. The highest BCUT2D eigenvalue weighted by Crippen LogP contribution is 2.41. The van der Waals surface area contributed by atoms with Crippen LogP contribution in [0.2, 0.25) is 0 Å². The first-order chi connectivity index (χ1) is 17.2. The topological polar surface area (TPSA) is 77.5 Å². The summed E-state index contributed by atoms with van der Waals surface area (Å²) in [6.07, 6.45) is 0. The molecular formula is C29H30N2O4S. The number of allylic oxidation sites excluding steroid dienone is 2. The Balaban J connectivity index is 1.82. The standard InChI is InChI=1S/C29H30N2O4S/c1-15-11-16(2)23(17(3)12-15)22-14-36-27(31-22)21-10-8-9-20(13-21)26-24(28(32)34-6)18(4)30-19(5)25(26)29(33)35-7/h8-14,26,30H,1-7H3. The Morgan fingerprint density at radius 3 is 2.03 bits per heavy atom. The zero-order chi connectivity index (χ0) is 26.1. The van der Waals surface area contributed by atoms with E-state index in [9.17, 15) is 9.59 Å². The van der Waals surface area contributed by atoms with Crippen molar-refractivity contribution in [1.82, 2.24) is 10.3 Å². The number of aromatic nitrogens is 1. The lowest BCUT2D eigenvalue weighted by atomic mass is 9.80. The summed E-state index contributed by atoms with van der Waals surface area (Å²) in [4.78, 5) is 30.6. The third-order valence-electron chi connectivity index (χ3n) is 6.48. The van der Waals surface area contributed by atoms with Crippen molar-refractivity contribution in [2.75, 3.05) is 14.2 Å². The summed E-state index contributed by atoms with van der Waals surface area (Å²) in [5.41, 5.74) is 9.45. The molecule has 2 aromatic carbocycles. The van der Waals surface area contributed by atoms with Crippen LogP contribution in [0.4, 0.5) is 0 Å². The number of carbonyl (C=O) groups is 2. The number of aryl methyl sites for hydroxylation is 3. The van der Waals surface area contributed by atoms with Gasteiger partial charge < -0.3 is 14.8 Å². The van der Waals surface area contributed by atoms with Gasteiger partial charge in [0.2, 0.25) is 0 Å². The fourth-order valence-electron chi connectivity index (χ4n) is 5.04. The van der Waals surface area contributed by atoms with E-state index in [1.54, 1.807) is 25.2 Å². The quantitative estimate of drug-likeness (QED) is 0.432. The van der Waals surface area contributed by atoms with E-state index in [2.05, 4.69) is 43.6 Å². The maximum Gasteiger partial charge on any atom is 0.336 e. The number of hydrogen-bond donors (Lipinski definition) is 1. The number of rotatable bonds is 5. The molecule has 0 atom stereocenters. The van der Waals surface area contributed by atoms with E-state index in [0.29, 0.717) is 22.5 Å². The van der Waals surface area contributed by atoms with Gasteiger partial charge in [-0.05, 0) is 57.4 Å². The van der Waals surface area contributed by atoms with Crippen molar-refractivity contribution < 1.29 is 19.1 Å². The van der Waals surface area contributed by atoms with Crippen molar-refractivity contribution in [3.63, 3.8) is 0 Å². The van der Waals surface area contributed by atoms with Gasteiger partial charge in [-0.2, -0.15) is 0 Å². The van der Waals surface area contributed by atoms with E-state index in [1.807, 2.05) is 24.3 Å². The number of methoxy groups -OCH3 is 2. The first-order valence-electron chi connectivity index (χ1n) is 11.7. The van der Waals surface area contributed by atoms with Gasteiger partial charge in [0, 0.05) is 27.9 Å². The molecule has 0 amide bonds. The van der Waals surface area contributed by atoms with Crippen LogP contribution in [0.15, 0.2) is 64.3 Å².